The predicted octanol–water partition coefficient (Wildman–Crippen LogP) is 3.14. The van der Waals surface area contributed by atoms with E-state index in [9.17, 15) is 9.90 Å². The Balaban J connectivity index is 2.31. The molecule has 1 unspecified atom stereocenters. The number of aromatic carboxylic acids is 1. The third-order valence-electron chi connectivity index (χ3n) is 4.67. The number of halogens is 1. The Morgan fingerprint density at radius 3 is 2.58 bits per heavy atom. The van der Waals surface area contributed by atoms with Crippen molar-refractivity contribution in [2.45, 2.75) is 57.8 Å². The Hall–Kier alpha value is -2.15. The van der Waals surface area contributed by atoms with E-state index in [4.69, 9.17) is 27.3 Å². The van der Waals surface area contributed by atoms with Crippen molar-refractivity contribution in [1.82, 2.24) is 19.7 Å². The van der Waals surface area contributed by atoms with Crippen molar-refractivity contribution in [1.29, 1.82) is 0 Å². The Morgan fingerprint density at radius 1 is 1.32 bits per heavy atom. The van der Waals surface area contributed by atoms with Crippen LogP contribution in [0.5, 0.6) is 0 Å². The van der Waals surface area contributed by atoms with Gasteiger partial charge in [-0.1, -0.05) is 0 Å². The Labute approximate surface area is 192 Å². The van der Waals surface area contributed by atoms with Gasteiger partial charge in [-0.15, -0.1) is 0 Å². The van der Waals surface area contributed by atoms with Gasteiger partial charge in [0.25, 0.3) is 0 Å². The van der Waals surface area contributed by atoms with Crippen LogP contribution in [-0.2, 0) is 0 Å². The number of rotatable bonds is 7. The molecule has 0 bridgehead atoms. The molecule has 31 heavy (non-hydrogen) atoms. The predicted molar refractivity (Wildman–Crippen MR) is 124 cm³/mol. The molecule has 10 heteroatoms. The average Bonchev–Trinajstić information content (AvgIpc) is 3.11. The van der Waals surface area contributed by atoms with Gasteiger partial charge in [0.1, 0.15) is 0 Å². The first-order chi connectivity index (χ1) is 14.6. The van der Waals surface area contributed by atoms with Crippen LogP contribution in [0.4, 0.5) is 5.69 Å². The molecule has 0 fully saturated rings. The number of carboxylic acid groups (broad SMARTS) is 1. The molecule has 2 aromatic heterocycles. The first-order valence-electron chi connectivity index (χ1n) is 10.1. The molecule has 0 aliphatic rings. The van der Waals surface area contributed by atoms with Gasteiger partial charge in [0.05, 0.1) is 0 Å². The molecule has 3 aromatic rings. The van der Waals surface area contributed by atoms with Gasteiger partial charge in [0, 0.05) is 0 Å². The maximum absolute atomic E-state index is 11.3. The second-order valence-corrected chi connectivity index (χ2v) is 10.8. The molecule has 3 rings (SSSR count). The normalized spacial score (nSPS) is 13.9. The SMILES string of the molecule is CC(N)C[As]c1nc(=Nc2ccc(C(=O)O)c(Cl)c2)c2n[nH]c(C(C)C)c2n1C(C)C. The van der Waals surface area contributed by atoms with E-state index in [-0.39, 0.29) is 44.3 Å². The summed E-state index contributed by atoms with van der Waals surface area (Å²) in [5.74, 6) is -0.835. The monoisotopic (exact) mass is 505 g/mol. The number of carboxylic acids is 1. The summed E-state index contributed by atoms with van der Waals surface area (Å²) in [6, 6.07) is 4.90. The zero-order chi connectivity index (χ0) is 22.9. The van der Waals surface area contributed by atoms with Gasteiger partial charge in [0.15, 0.2) is 0 Å². The van der Waals surface area contributed by atoms with Crippen LogP contribution in [0, 0.1) is 0 Å². The first kappa shape index (κ1) is 23.5. The summed E-state index contributed by atoms with van der Waals surface area (Å²) < 4.78 is 3.22. The minimum absolute atomic E-state index is 0.0360. The summed E-state index contributed by atoms with van der Waals surface area (Å²) >= 11 is 5.86. The third kappa shape index (κ3) is 5.03. The van der Waals surface area contributed by atoms with Crippen LogP contribution >= 0.6 is 11.6 Å². The molecule has 1 atom stereocenters. The molecule has 0 aliphatic heterocycles. The van der Waals surface area contributed by atoms with Crippen molar-refractivity contribution >= 4 is 54.7 Å². The molecule has 0 saturated heterocycles. The van der Waals surface area contributed by atoms with Crippen molar-refractivity contribution in [3.8, 4) is 0 Å². The number of aromatic nitrogens is 4. The number of nitrogens with zero attached hydrogens (tertiary/aromatic N) is 4. The van der Waals surface area contributed by atoms with E-state index in [1.165, 1.54) is 12.1 Å². The summed E-state index contributed by atoms with van der Waals surface area (Å²) in [6.07, 6.45) is 0. The van der Waals surface area contributed by atoms with Crippen LogP contribution in [0.25, 0.3) is 11.0 Å². The topological polar surface area (TPSA) is 122 Å². The van der Waals surface area contributed by atoms with E-state index in [2.05, 4.69) is 42.5 Å². The van der Waals surface area contributed by atoms with Gasteiger partial charge in [-0.3, -0.25) is 0 Å². The van der Waals surface area contributed by atoms with Gasteiger partial charge >= 0.3 is 193 Å². The number of fused-ring (bicyclic) bond motifs is 1. The number of benzene rings is 1. The summed E-state index contributed by atoms with van der Waals surface area (Å²) in [7, 11) is 0. The Morgan fingerprint density at radius 2 is 2.03 bits per heavy atom. The van der Waals surface area contributed by atoms with Crippen molar-refractivity contribution in [2.75, 3.05) is 0 Å². The number of hydrogen-bond donors (Lipinski definition) is 3. The molecule has 0 spiro atoms. The van der Waals surface area contributed by atoms with E-state index in [0.29, 0.717) is 16.7 Å². The van der Waals surface area contributed by atoms with E-state index in [1.807, 2.05) is 6.92 Å². The van der Waals surface area contributed by atoms with Gasteiger partial charge in [-0.25, -0.2) is 0 Å². The average molecular weight is 506 g/mol. The number of nitrogens with two attached hydrogens (primary N) is 1. The van der Waals surface area contributed by atoms with Gasteiger partial charge < -0.3 is 0 Å². The third-order valence-corrected chi connectivity index (χ3v) is 7.83. The van der Waals surface area contributed by atoms with E-state index in [1.54, 1.807) is 6.07 Å². The fraction of sp³-hybridized carbons (Fsp3) is 0.429. The summed E-state index contributed by atoms with van der Waals surface area (Å²) in [4.78, 5) is 20.8. The number of hydrogen-bond acceptors (Lipinski definition) is 5. The van der Waals surface area contributed by atoms with E-state index >= 15 is 0 Å². The first-order valence-corrected chi connectivity index (χ1v) is 12.8. The van der Waals surface area contributed by atoms with Gasteiger partial charge in [0.2, 0.25) is 0 Å². The fourth-order valence-electron chi connectivity index (χ4n) is 3.23. The molecule has 0 saturated carbocycles. The van der Waals surface area contributed by atoms with E-state index < -0.39 is 5.97 Å². The van der Waals surface area contributed by atoms with E-state index in [0.717, 1.165) is 21.0 Å². The Bertz CT molecular complexity index is 1180. The van der Waals surface area contributed by atoms with Crippen molar-refractivity contribution in [2.24, 2.45) is 10.7 Å². The number of carbonyl (C=O) groups is 1. The molecular formula is C21H27AsClN6O2. The molecule has 1 radical (unpaired) electrons. The second kappa shape index (κ2) is 9.55. The summed E-state index contributed by atoms with van der Waals surface area (Å²) in [5, 5.41) is 17.9. The minimum atomic E-state index is -1.08. The van der Waals surface area contributed by atoms with Crippen molar-refractivity contribution in [3.63, 3.8) is 0 Å². The molecule has 0 amide bonds. The zero-order valence-corrected chi connectivity index (χ0v) is 20.9. The van der Waals surface area contributed by atoms with Crippen LogP contribution in [0.2, 0.25) is 10.2 Å². The van der Waals surface area contributed by atoms with Crippen LogP contribution in [-0.4, -0.2) is 52.6 Å². The van der Waals surface area contributed by atoms with Gasteiger partial charge in [-0.2, -0.15) is 0 Å². The summed E-state index contributed by atoms with van der Waals surface area (Å²) in [6.45, 7) is 10.5. The fourth-order valence-corrected chi connectivity index (χ4v) is 5.79. The number of nitrogens with one attached hydrogen (secondary N) is 1. The number of aromatic amines is 1. The number of H-pyrrole nitrogens is 1. The second-order valence-electron chi connectivity index (χ2n) is 8.09. The van der Waals surface area contributed by atoms with Crippen molar-refractivity contribution in [3.05, 3.63) is 40.0 Å². The molecule has 165 valence electrons. The van der Waals surface area contributed by atoms with Crippen LogP contribution in [0.3, 0.4) is 0 Å². The molecule has 2 heterocycles. The Kier molecular flexibility index (Phi) is 7.24. The van der Waals surface area contributed by atoms with Gasteiger partial charge in [-0.05, 0) is 0 Å². The molecular weight excluding hydrogens is 479 g/mol. The maximum atomic E-state index is 11.3. The molecule has 1 aromatic carbocycles. The van der Waals surface area contributed by atoms with Crippen LogP contribution < -0.4 is 15.8 Å². The van der Waals surface area contributed by atoms with Crippen LogP contribution in [0.15, 0.2) is 23.2 Å². The summed E-state index contributed by atoms with van der Waals surface area (Å²) in [5.41, 5.74) is 9.80. The molecule has 8 nitrogen and oxygen atoms in total. The standard InChI is InChI=1S/C21H27AsClN6O2/c1-10(2)16-18-17(28-27-16)19(25-13-6-7-14(20(30)31)15(23)8-13)26-21(22-9-12(5)24)29(18)11(3)4/h6-8,10-12H,9,24H2,1-5H3,(H,27,28)(H,30,31). The quantitative estimate of drug-likeness (QED) is 0.426. The van der Waals surface area contributed by atoms with Crippen LogP contribution in [0.1, 0.15) is 62.6 Å². The molecule has 0 aliphatic carbocycles. The van der Waals surface area contributed by atoms with Crippen molar-refractivity contribution < 1.29 is 9.90 Å². The zero-order valence-electron chi connectivity index (χ0n) is 18.2. The molecule has 4 N–H and O–H groups in total.